The minimum Gasteiger partial charge on any atom is -0.478 e. The van der Waals surface area contributed by atoms with E-state index in [1.54, 1.807) is 16.7 Å². The Bertz CT molecular complexity index is 430. The molecule has 16 heavy (non-hydrogen) atoms. The molecule has 0 radical (unpaired) electrons. The number of carbonyl (C=O) groups excluding carboxylic acids is 1. The number of amides is 1. The Balaban J connectivity index is 2.32. The number of thioether (sulfide) groups is 1. The first-order valence-electron chi connectivity index (χ1n) is 4.75. The van der Waals surface area contributed by atoms with E-state index in [1.165, 1.54) is 18.3 Å². The van der Waals surface area contributed by atoms with Gasteiger partial charge in [-0.15, -0.1) is 11.8 Å². The quantitative estimate of drug-likeness (QED) is 0.829. The Morgan fingerprint density at radius 2 is 2.31 bits per heavy atom. The monoisotopic (exact) mass is 238 g/mol. The smallest absolute Gasteiger partial charge is 0.338 e. The SMILES string of the molecule is O=C(O)c1cccnc1C(=O)N1CCSC1. The molecule has 1 N–H and O–H groups in total. The molecule has 0 atom stereocenters. The standard InChI is InChI=1S/C10H10N2O3S/c13-9(12-4-5-16-6-12)8-7(10(14)15)2-1-3-11-8/h1-3H,4-6H2,(H,14,15). The average Bonchev–Trinajstić information content (AvgIpc) is 2.81. The lowest BCUT2D eigenvalue weighted by Gasteiger charge is -2.14. The van der Waals surface area contributed by atoms with Crippen LogP contribution in [0.1, 0.15) is 20.8 Å². The molecule has 0 spiro atoms. The minimum absolute atomic E-state index is 0.0255. The molecule has 5 nitrogen and oxygen atoms in total. The molecule has 0 saturated carbocycles. The van der Waals surface area contributed by atoms with Crippen LogP contribution in [0.5, 0.6) is 0 Å². The van der Waals surface area contributed by atoms with Crippen LogP contribution in [0.25, 0.3) is 0 Å². The minimum atomic E-state index is -1.12. The number of carbonyl (C=O) groups is 2. The molecule has 1 aliphatic heterocycles. The van der Waals surface area contributed by atoms with Crippen molar-refractivity contribution in [2.45, 2.75) is 0 Å². The molecule has 1 saturated heterocycles. The summed E-state index contributed by atoms with van der Waals surface area (Å²) in [7, 11) is 0. The van der Waals surface area contributed by atoms with Gasteiger partial charge in [-0.05, 0) is 12.1 Å². The first-order chi connectivity index (χ1) is 7.70. The lowest BCUT2D eigenvalue weighted by Crippen LogP contribution is -2.30. The third kappa shape index (κ3) is 2.01. The third-order valence-electron chi connectivity index (χ3n) is 2.28. The highest BCUT2D eigenvalue weighted by Gasteiger charge is 2.25. The van der Waals surface area contributed by atoms with Crippen LogP contribution in [0.3, 0.4) is 0 Å². The van der Waals surface area contributed by atoms with Gasteiger partial charge in [-0.1, -0.05) is 0 Å². The Labute approximate surface area is 96.5 Å². The molecule has 0 bridgehead atoms. The average molecular weight is 238 g/mol. The second-order valence-electron chi connectivity index (χ2n) is 3.31. The van der Waals surface area contributed by atoms with Crippen LogP contribution in [-0.4, -0.2) is 45.0 Å². The number of aromatic nitrogens is 1. The molecule has 84 valence electrons. The second kappa shape index (κ2) is 4.52. The second-order valence-corrected chi connectivity index (χ2v) is 4.39. The van der Waals surface area contributed by atoms with E-state index >= 15 is 0 Å². The van der Waals surface area contributed by atoms with Crippen LogP contribution in [-0.2, 0) is 0 Å². The normalized spacial score (nSPS) is 15.1. The van der Waals surface area contributed by atoms with Gasteiger partial charge in [-0.3, -0.25) is 9.78 Å². The van der Waals surface area contributed by atoms with E-state index in [1.807, 2.05) is 0 Å². The Kier molecular flexibility index (Phi) is 3.09. The number of pyridine rings is 1. The van der Waals surface area contributed by atoms with Crippen LogP contribution in [0.15, 0.2) is 18.3 Å². The van der Waals surface area contributed by atoms with Crippen molar-refractivity contribution < 1.29 is 14.7 Å². The maximum absolute atomic E-state index is 12.0. The Morgan fingerprint density at radius 1 is 1.50 bits per heavy atom. The van der Waals surface area contributed by atoms with E-state index in [0.717, 1.165) is 5.75 Å². The van der Waals surface area contributed by atoms with Crippen LogP contribution in [0.4, 0.5) is 0 Å². The van der Waals surface area contributed by atoms with E-state index in [0.29, 0.717) is 12.4 Å². The third-order valence-corrected chi connectivity index (χ3v) is 3.25. The zero-order valence-corrected chi connectivity index (χ0v) is 9.24. The Morgan fingerprint density at radius 3 is 2.94 bits per heavy atom. The number of aromatic carboxylic acids is 1. The zero-order chi connectivity index (χ0) is 11.5. The number of hydrogen-bond donors (Lipinski definition) is 1. The summed E-state index contributed by atoms with van der Waals surface area (Å²) in [5.74, 6) is 0.0708. The van der Waals surface area contributed by atoms with Gasteiger partial charge in [-0.25, -0.2) is 4.79 Å². The molecule has 0 unspecified atom stereocenters. The lowest BCUT2D eigenvalue weighted by atomic mass is 10.2. The van der Waals surface area contributed by atoms with Gasteiger partial charge in [0.1, 0.15) is 5.69 Å². The molecule has 1 aromatic rings. The molecular weight excluding hydrogens is 228 g/mol. The zero-order valence-electron chi connectivity index (χ0n) is 8.42. The van der Waals surface area contributed by atoms with E-state index in [9.17, 15) is 9.59 Å². The molecular formula is C10H10N2O3S. The highest BCUT2D eigenvalue weighted by atomic mass is 32.2. The fraction of sp³-hybridized carbons (Fsp3) is 0.300. The Hall–Kier alpha value is -1.56. The van der Waals surface area contributed by atoms with Gasteiger partial charge in [0.2, 0.25) is 0 Å². The molecule has 1 aromatic heterocycles. The summed E-state index contributed by atoms with van der Waals surface area (Å²) in [6, 6.07) is 2.91. The number of hydrogen-bond acceptors (Lipinski definition) is 4. The van der Waals surface area contributed by atoms with E-state index in [-0.39, 0.29) is 17.2 Å². The van der Waals surface area contributed by atoms with Gasteiger partial charge >= 0.3 is 5.97 Å². The van der Waals surface area contributed by atoms with E-state index in [4.69, 9.17) is 5.11 Å². The van der Waals surface area contributed by atoms with Crippen LogP contribution < -0.4 is 0 Å². The summed E-state index contributed by atoms with van der Waals surface area (Å²) in [5, 5.41) is 8.94. The number of rotatable bonds is 2. The van der Waals surface area contributed by atoms with Gasteiger partial charge in [0.25, 0.3) is 5.91 Å². The highest BCUT2D eigenvalue weighted by Crippen LogP contribution is 2.17. The summed E-state index contributed by atoms with van der Waals surface area (Å²) in [6.45, 7) is 0.652. The predicted molar refractivity (Wildman–Crippen MR) is 59.6 cm³/mol. The van der Waals surface area contributed by atoms with Gasteiger partial charge in [0.05, 0.1) is 11.4 Å². The fourth-order valence-electron chi connectivity index (χ4n) is 1.47. The van der Waals surface area contributed by atoms with E-state index < -0.39 is 5.97 Å². The summed E-state index contributed by atoms with van der Waals surface area (Å²) >= 11 is 1.65. The maximum Gasteiger partial charge on any atom is 0.338 e. The van der Waals surface area contributed by atoms with Gasteiger partial charge in [0.15, 0.2) is 0 Å². The predicted octanol–water partition coefficient (Wildman–Crippen LogP) is 0.926. The first kappa shape index (κ1) is 10.9. The van der Waals surface area contributed by atoms with Crippen LogP contribution >= 0.6 is 11.8 Å². The van der Waals surface area contributed by atoms with Gasteiger partial charge in [0, 0.05) is 18.5 Å². The van der Waals surface area contributed by atoms with Crippen molar-refractivity contribution in [1.29, 1.82) is 0 Å². The van der Waals surface area contributed by atoms with Crippen LogP contribution in [0.2, 0.25) is 0 Å². The van der Waals surface area contributed by atoms with Crippen molar-refractivity contribution in [1.82, 2.24) is 9.88 Å². The van der Waals surface area contributed by atoms with Crippen molar-refractivity contribution in [2.24, 2.45) is 0 Å². The van der Waals surface area contributed by atoms with Crippen molar-refractivity contribution in [3.05, 3.63) is 29.6 Å². The van der Waals surface area contributed by atoms with Crippen LogP contribution in [0, 0.1) is 0 Å². The number of carboxylic acid groups (broad SMARTS) is 1. The molecule has 1 amide bonds. The lowest BCUT2D eigenvalue weighted by molar-refractivity contribution is 0.0680. The topological polar surface area (TPSA) is 70.5 Å². The highest BCUT2D eigenvalue weighted by molar-refractivity contribution is 7.99. The molecule has 2 heterocycles. The van der Waals surface area contributed by atoms with Crippen molar-refractivity contribution in [2.75, 3.05) is 18.2 Å². The summed E-state index contributed by atoms with van der Waals surface area (Å²) in [6.07, 6.45) is 1.43. The fourth-order valence-corrected chi connectivity index (χ4v) is 2.42. The summed E-state index contributed by atoms with van der Waals surface area (Å²) in [4.78, 5) is 28.4. The maximum atomic E-state index is 12.0. The van der Waals surface area contributed by atoms with Crippen molar-refractivity contribution in [3.8, 4) is 0 Å². The van der Waals surface area contributed by atoms with Gasteiger partial charge in [-0.2, -0.15) is 0 Å². The molecule has 0 aliphatic carbocycles. The number of nitrogens with zero attached hydrogens (tertiary/aromatic N) is 2. The molecule has 2 rings (SSSR count). The van der Waals surface area contributed by atoms with Gasteiger partial charge < -0.3 is 10.0 Å². The van der Waals surface area contributed by atoms with E-state index in [2.05, 4.69) is 4.98 Å². The number of carboxylic acids is 1. The summed E-state index contributed by atoms with van der Waals surface area (Å²) < 4.78 is 0. The van der Waals surface area contributed by atoms with Crippen molar-refractivity contribution in [3.63, 3.8) is 0 Å². The molecule has 1 aliphatic rings. The largest absolute Gasteiger partial charge is 0.478 e. The first-order valence-corrected chi connectivity index (χ1v) is 5.91. The van der Waals surface area contributed by atoms with Crippen molar-refractivity contribution >= 4 is 23.6 Å². The summed E-state index contributed by atoms with van der Waals surface area (Å²) in [5.41, 5.74) is -0.0121. The molecule has 0 aromatic carbocycles. The molecule has 6 heteroatoms. The molecule has 1 fully saturated rings.